The third-order valence-corrected chi connectivity index (χ3v) is 4.73. The summed E-state index contributed by atoms with van der Waals surface area (Å²) in [5.74, 6) is 2.60. The summed E-state index contributed by atoms with van der Waals surface area (Å²) < 4.78 is 0. The maximum absolute atomic E-state index is 12.3. The molecule has 0 aromatic heterocycles. The molecule has 2 rings (SSSR count). The zero-order valence-electron chi connectivity index (χ0n) is 11.6. The molecule has 2 saturated carbocycles. The monoisotopic (exact) mass is 248 g/mol. The fourth-order valence-electron chi connectivity index (χ4n) is 3.81. The Kier molecular flexibility index (Phi) is 4.27. The molecule has 0 saturated heterocycles. The maximum atomic E-state index is 12.3. The maximum Gasteiger partial charge on any atom is 0.223 e. The summed E-state index contributed by atoms with van der Waals surface area (Å²) in [6, 6.07) is 2.35. The highest BCUT2D eigenvalue weighted by Crippen LogP contribution is 2.49. The zero-order chi connectivity index (χ0) is 13.1. The van der Waals surface area contributed by atoms with E-state index >= 15 is 0 Å². The van der Waals surface area contributed by atoms with Gasteiger partial charge in [0.2, 0.25) is 5.91 Å². The highest BCUT2D eigenvalue weighted by Gasteiger charge is 2.40. The molecule has 0 aliphatic heterocycles. The minimum absolute atomic E-state index is 0.212. The van der Waals surface area contributed by atoms with Gasteiger partial charge in [-0.1, -0.05) is 6.42 Å². The smallest absolute Gasteiger partial charge is 0.223 e. The molecule has 2 aliphatic rings. The van der Waals surface area contributed by atoms with E-state index in [-0.39, 0.29) is 11.9 Å². The number of hydrogen-bond donors (Lipinski definition) is 0. The van der Waals surface area contributed by atoms with E-state index in [0.29, 0.717) is 25.3 Å². The molecule has 100 valence electrons. The van der Waals surface area contributed by atoms with E-state index in [1.165, 1.54) is 25.7 Å². The Hall–Kier alpha value is -1.04. The van der Waals surface area contributed by atoms with E-state index in [0.717, 1.165) is 11.8 Å². The first-order chi connectivity index (χ1) is 8.61. The largest absolute Gasteiger partial charge is 0.339 e. The van der Waals surface area contributed by atoms with Gasteiger partial charge in [0.15, 0.2) is 0 Å². The number of amides is 1. The predicted molar refractivity (Wildman–Crippen MR) is 70.6 cm³/mol. The van der Waals surface area contributed by atoms with Crippen molar-refractivity contribution in [3.63, 3.8) is 0 Å². The number of carbonyl (C=O) groups excluding carboxylic acids is 1. The SMILES string of the molecule is CC(C)N(CCC#N)C(=O)CC1CC2CCC1C2. The molecule has 0 radical (unpaired) electrons. The molecule has 3 atom stereocenters. The van der Waals surface area contributed by atoms with E-state index in [4.69, 9.17) is 5.26 Å². The minimum atomic E-state index is 0.212. The Morgan fingerprint density at radius 3 is 2.67 bits per heavy atom. The van der Waals surface area contributed by atoms with Crippen LogP contribution in [0.2, 0.25) is 0 Å². The van der Waals surface area contributed by atoms with Crippen LogP contribution in [0.1, 0.15) is 52.4 Å². The molecule has 3 heteroatoms. The quantitative estimate of drug-likeness (QED) is 0.750. The lowest BCUT2D eigenvalue weighted by atomic mass is 9.86. The third-order valence-electron chi connectivity index (χ3n) is 4.73. The first kappa shape index (κ1) is 13.4. The summed E-state index contributed by atoms with van der Waals surface area (Å²) in [5, 5.41) is 8.66. The van der Waals surface area contributed by atoms with E-state index < -0.39 is 0 Å². The van der Waals surface area contributed by atoms with Crippen LogP contribution in [0.15, 0.2) is 0 Å². The van der Waals surface area contributed by atoms with Crippen LogP contribution >= 0.6 is 0 Å². The molecule has 0 heterocycles. The standard InChI is InChI=1S/C15H24N2O/c1-11(2)17(7-3-6-16)15(18)10-14-9-12-4-5-13(14)8-12/h11-14H,3-5,7-10H2,1-2H3. The Morgan fingerprint density at radius 1 is 1.39 bits per heavy atom. The lowest BCUT2D eigenvalue weighted by Gasteiger charge is -2.29. The number of fused-ring (bicyclic) bond motifs is 2. The van der Waals surface area contributed by atoms with Crippen LogP contribution in [-0.4, -0.2) is 23.4 Å². The van der Waals surface area contributed by atoms with Crippen LogP contribution in [0.25, 0.3) is 0 Å². The van der Waals surface area contributed by atoms with Gasteiger partial charge in [-0.25, -0.2) is 0 Å². The van der Waals surface area contributed by atoms with Crippen LogP contribution in [0.4, 0.5) is 0 Å². The van der Waals surface area contributed by atoms with Crippen LogP contribution in [0.3, 0.4) is 0 Å². The molecule has 3 nitrogen and oxygen atoms in total. The summed E-state index contributed by atoms with van der Waals surface area (Å²) in [4.78, 5) is 14.2. The zero-order valence-corrected chi connectivity index (χ0v) is 11.6. The van der Waals surface area contributed by atoms with Crippen molar-refractivity contribution in [3.8, 4) is 6.07 Å². The van der Waals surface area contributed by atoms with E-state index in [1.807, 2.05) is 18.7 Å². The van der Waals surface area contributed by atoms with Crippen molar-refractivity contribution in [2.24, 2.45) is 17.8 Å². The second kappa shape index (κ2) is 5.73. The van der Waals surface area contributed by atoms with E-state index in [9.17, 15) is 4.79 Å². The predicted octanol–water partition coefficient (Wildman–Crippen LogP) is 2.96. The summed E-state index contributed by atoms with van der Waals surface area (Å²) in [6.45, 7) is 4.67. The molecule has 0 N–H and O–H groups in total. The Balaban J connectivity index is 1.87. The Labute approximate surface area is 110 Å². The van der Waals surface area contributed by atoms with Crippen molar-refractivity contribution in [2.75, 3.05) is 6.54 Å². The molecule has 0 aromatic carbocycles. The number of nitriles is 1. The van der Waals surface area contributed by atoms with Crippen LogP contribution in [0, 0.1) is 29.1 Å². The van der Waals surface area contributed by atoms with Crippen molar-refractivity contribution in [3.05, 3.63) is 0 Å². The first-order valence-electron chi connectivity index (χ1n) is 7.28. The summed E-state index contributed by atoms with van der Waals surface area (Å²) in [5.41, 5.74) is 0. The van der Waals surface area contributed by atoms with Gasteiger partial charge in [0.05, 0.1) is 12.5 Å². The van der Waals surface area contributed by atoms with Gasteiger partial charge in [-0.3, -0.25) is 4.79 Å². The fourth-order valence-corrected chi connectivity index (χ4v) is 3.81. The van der Waals surface area contributed by atoms with Gasteiger partial charge in [-0.2, -0.15) is 5.26 Å². The fraction of sp³-hybridized carbons (Fsp3) is 0.867. The number of carbonyl (C=O) groups is 1. The second-order valence-electron chi connectivity index (χ2n) is 6.23. The minimum Gasteiger partial charge on any atom is -0.339 e. The van der Waals surface area contributed by atoms with Gasteiger partial charge in [0.25, 0.3) is 0 Å². The lowest BCUT2D eigenvalue weighted by Crippen LogP contribution is -2.39. The molecule has 18 heavy (non-hydrogen) atoms. The molecule has 2 aliphatic carbocycles. The van der Waals surface area contributed by atoms with Gasteiger partial charge in [-0.05, 0) is 50.9 Å². The van der Waals surface area contributed by atoms with Gasteiger partial charge in [-0.15, -0.1) is 0 Å². The normalized spacial score (nSPS) is 29.6. The number of rotatable bonds is 5. The van der Waals surface area contributed by atoms with Gasteiger partial charge in [0.1, 0.15) is 0 Å². The molecule has 1 amide bonds. The Morgan fingerprint density at radius 2 is 2.17 bits per heavy atom. The number of nitrogens with zero attached hydrogens (tertiary/aromatic N) is 2. The average Bonchev–Trinajstić information content (AvgIpc) is 2.91. The second-order valence-corrected chi connectivity index (χ2v) is 6.23. The summed E-state index contributed by atoms with van der Waals surface area (Å²) in [7, 11) is 0. The highest BCUT2D eigenvalue weighted by molar-refractivity contribution is 5.76. The van der Waals surface area contributed by atoms with Crippen molar-refractivity contribution >= 4 is 5.91 Å². The van der Waals surface area contributed by atoms with Crippen LogP contribution in [-0.2, 0) is 4.79 Å². The molecule has 0 aromatic rings. The van der Waals surface area contributed by atoms with E-state index in [1.54, 1.807) is 0 Å². The molecule has 2 fully saturated rings. The molecule has 3 unspecified atom stereocenters. The van der Waals surface area contributed by atoms with Crippen molar-refractivity contribution in [1.82, 2.24) is 4.90 Å². The van der Waals surface area contributed by atoms with Crippen LogP contribution < -0.4 is 0 Å². The van der Waals surface area contributed by atoms with Crippen LogP contribution in [0.5, 0.6) is 0 Å². The van der Waals surface area contributed by atoms with Crippen molar-refractivity contribution in [2.45, 2.75) is 58.4 Å². The average molecular weight is 248 g/mol. The molecular weight excluding hydrogens is 224 g/mol. The molecular formula is C15H24N2O. The molecule has 2 bridgehead atoms. The summed E-state index contributed by atoms with van der Waals surface area (Å²) in [6.07, 6.45) is 6.50. The topological polar surface area (TPSA) is 44.1 Å². The lowest BCUT2D eigenvalue weighted by molar-refractivity contribution is -0.134. The number of hydrogen-bond acceptors (Lipinski definition) is 2. The highest BCUT2D eigenvalue weighted by atomic mass is 16.2. The molecule has 0 spiro atoms. The Bertz CT molecular complexity index is 345. The summed E-state index contributed by atoms with van der Waals surface area (Å²) >= 11 is 0. The van der Waals surface area contributed by atoms with Gasteiger partial charge >= 0.3 is 0 Å². The van der Waals surface area contributed by atoms with Crippen molar-refractivity contribution < 1.29 is 4.79 Å². The van der Waals surface area contributed by atoms with Crippen molar-refractivity contribution in [1.29, 1.82) is 5.26 Å². The van der Waals surface area contributed by atoms with Gasteiger partial charge < -0.3 is 4.90 Å². The third kappa shape index (κ3) is 2.85. The van der Waals surface area contributed by atoms with E-state index in [2.05, 4.69) is 6.07 Å². The first-order valence-corrected chi connectivity index (χ1v) is 7.28. The van der Waals surface area contributed by atoms with Gasteiger partial charge in [0, 0.05) is 19.0 Å².